The van der Waals surface area contributed by atoms with Gasteiger partial charge in [-0.1, -0.05) is 39.8 Å². The van der Waals surface area contributed by atoms with Crippen molar-refractivity contribution < 1.29 is 23.2 Å². The number of hydrogen-bond donors (Lipinski definition) is 1. The number of fused-ring (bicyclic) bond motifs is 1. The van der Waals surface area contributed by atoms with Crippen molar-refractivity contribution in [3.8, 4) is 0 Å². The van der Waals surface area contributed by atoms with E-state index in [1.807, 2.05) is 18.2 Å². The van der Waals surface area contributed by atoms with E-state index in [4.69, 9.17) is 0 Å². The number of hydrogen-bond acceptors (Lipinski definition) is 4. The molecule has 0 spiro atoms. The zero-order chi connectivity index (χ0) is 22.9. The van der Waals surface area contributed by atoms with Gasteiger partial charge < -0.3 is 10.2 Å². The van der Waals surface area contributed by atoms with Crippen LogP contribution in [0.25, 0.3) is 10.9 Å². The molecule has 0 saturated carbocycles. The minimum absolute atomic E-state index is 0.307. The highest BCUT2D eigenvalue weighted by atomic mass is 19.3. The third kappa shape index (κ3) is 4.89. The Morgan fingerprint density at radius 2 is 1.90 bits per heavy atom. The first-order chi connectivity index (χ1) is 14.5. The zero-order valence-corrected chi connectivity index (χ0v) is 18.1. The number of pyridine rings is 1. The van der Waals surface area contributed by atoms with Crippen molar-refractivity contribution in [1.82, 2.24) is 15.2 Å². The van der Waals surface area contributed by atoms with Crippen LogP contribution in [0.15, 0.2) is 30.5 Å². The first-order valence-electron chi connectivity index (χ1n) is 10.4. The number of ketones is 1. The summed E-state index contributed by atoms with van der Waals surface area (Å²) in [5.41, 5.74) is 2.09. The molecule has 6 nitrogen and oxygen atoms in total. The molecule has 0 radical (unpaired) electrons. The molecule has 1 aliphatic heterocycles. The molecule has 1 aromatic carbocycles. The molecule has 3 rings (SSSR count). The Hall–Kier alpha value is -2.90. The lowest BCUT2D eigenvalue weighted by Gasteiger charge is -2.24. The number of halogens is 2. The summed E-state index contributed by atoms with van der Waals surface area (Å²) in [5, 5.41) is 3.14. The largest absolute Gasteiger partial charge is 0.343 e. The number of nitrogens with zero attached hydrogens (tertiary/aromatic N) is 2. The van der Waals surface area contributed by atoms with Gasteiger partial charge in [0, 0.05) is 23.9 Å². The second-order valence-corrected chi connectivity index (χ2v) is 8.63. The van der Waals surface area contributed by atoms with Crippen molar-refractivity contribution in [1.29, 1.82) is 0 Å². The number of nitrogens with one attached hydrogen (secondary N) is 1. The molecule has 1 unspecified atom stereocenters. The van der Waals surface area contributed by atoms with E-state index in [-0.39, 0.29) is 0 Å². The number of rotatable bonds is 6. The summed E-state index contributed by atoms with van der Waals surface area (Å²) in [4.78, 5) is 42.8. The van der Waals surface area contributed by atoms with Crippen LogP contribution in [0.4, 0.5) is 8.78 Å². The number of alkyl halides is 2. The number of aromatic nitrogens is 1. The van der Waals surface area contributed by atoms with Crippen LogP contribution in [0.1, 0.15) is 56.0 Å². The first-order valence-corrected chi connectivity index (χ1v) is 10.4. The second-order valence-electron chi connectivity index (χ2n) is 8.63. The van der Waals surface area contributed by atoms with Crippen molar-refractivity contribution in [3.63, 3.8) is 0 Å². The maximum atomic E-state index is 13.9. The van der Waals surface area contributed by atoms with Crippen molar-refractivity contribution in [3.05, 3.63) is 41.6 Å². The minimum atomic E-state index is -3.12. The number of benzene rings is 1. The van der Waals surface area contributed by atoms with E-state index in [0.29, 0.717) is 22.4 Å². The molecular weight excluding hydrogens is 404 g/mol. The molecule has 2 amide bonds. The Balaban J connectivity index is 1.74. The van der Waals surface area contributed by atoms with E-state index >= 15 is 0 Å². The van der Waals surface area contributed by atoms with Crippen molar-refractivity contribution >= 4 is 28.5 Å². The highest BCUT2D eigenvalue weighted by Crippen LogP contribution is 2.33. The summed E-state index contributed by atoms with van der Waals surface area (Å²) in [6, 6.07) is 6.02. The molecule has 166 valence electrons. The lowest BCUT2D eigenvalue weighted by molar-refractivity contribution is -0.138. The molecule has 2 heterocycles. The maximum Gasteiger partial charge on any atom is 0.267 e. The van der Waals surface area contributed by atoms with Crippen LogP contribution < -0.4 is 5.32 Å². The molecule has 0 aliphatic carbocycles. The van der Waals surface area contributed by atoms with E-state index in [1.54, 1.807) is 19.9 Å². The number of carbonyl (C=O) groups excluding carboxylic acids is 3. The highest BCUT2D eigenvalue weighted by Gasteiger charge is 2.49. The number of carbonyl (C=O) groups is 3. The topological polar surface area (TPSA) is 79.4 Å². The standard InChI is InChI=1S/C23H27F2N3O3/c1-13(2)15-5-6-16-17(7-8-26-18(16)9-15)22(31)27-11-20(29)28-12-23(24,25)10-19(28)21(30)14(3)4/h5-9,13-14,19H,10-12H2,1-4H3,(H,27,31). The van der Waals surface area contributed by atoms with Crippen LogP contribution in [0.2, 0.25) is 0 Å². The summed E-state index contributed by atoms with van der Waals surface area (Å²) in [7, 11) is 0. The molecule has 1 aliphatic rings. The van der Waals surface area contributed by atoms with E-state index < -0.39 is 55.0 Å². The average molecular weight is 431 g/mol. The van der Waals surface area contributed by atoms with Crippen molar-refractivity contribution in [2.24, 2.45) is 5.92 Å². The quantitative estimate of drug-likeness (QED) is 0.759. The molecule has 1 fully saturated rings. The van der Waals surface area contributed by atoms with Gasteiger partial charge >= 0.3 is 0 Å². The van der Waals surface area contributed by atoms with Crippen LogP contribution >= 0.6 is 0 Å². The van der Waals surface area contributed by atoms with Gasteiger partial charge in [0.25, 0.3) is 11.8 Å². The Morgan fingerprint density at radius 1 is 1.19 bits per heavy atom. The van der Waals surface area contributed by atoms with Crippen LogP contribution in [-0.4, -0.2) is 52.5 Å². The van der Waals surface area contributed by atoms with Crippen molar-refractivity contribution in [2.75, 3.05) is 13.1 Å². The third-order valence-electron chi connectivity index (χ3n) is 5.57. The third-order valence-corrected chi connectivity index (χ3v) is 5.57. The Bertz CT molecular complexity index is 1020. The highest BCUT2D eigenvalue weighted by molar-refractivity contribution is 6.07. The van der Waals surface area contributed by atoms with Gasteiger partial charge in [0.15, 0.2) is 5.78 Å². The molecule has 1 aromatic heterocycles. The van der Waals surface area contributed by atoms with Gasteiger partial charge in [0.1, 0.15) is 0 Å². The molecule has 2 aromatic rings. The molecule has 31 heavy (non-hydrogen) atoms. The van der Waals surface area contributed by atoms with E-state index in [1.165, 1.54) is 6.20 Å². The van der Waals surface area contributed by atoms with Gasteiger partial charge in [0.2, 0.25) is 5.91 Å². The van der Waals surface area contributed by atoms with Crippen LogP contribution in [-0.2, 0) is 9.59 Å². The molecule has 1 N–H and O–H groups in total. The Labute approximate surface area is 180 Å². The predicted octanol–water partition coefficient (Wildman–Crippen LogP) is 3.55. The molecule has 1 saturated heterocycles. The van der Waals surface area contributed by atoms with Gasteiger partial charge in [-0.05, 0) is 23.6 Å². The van der Waals surface area contributed by atoms with Crippen LogP contribution in [0, 0.1) is 5.92 Å². The van der Waals surface area contributed by atoms with Gasteiger partial charge in [-0.25, -0.2) is 8.78 Å². The second kappa shape index (κ2) is 8.69. The van der Waals surface area contributed by atoms with Gasteiger partial charge in [-0.15, -0.1) is 0 Å². The predicted molar refractivity (Wildman–Crippen MR) is 113 cm³/mol. The fraction of sp³-hybridized carbons (Fsp3) is 0.478. The average Bonchev–Trinajstić information content (AvgIpc) is 3.05. The van der Waals surface area contributed by atoms with Crippen molar-refractivity contribution in [2.45, 2.75) is 52.0 Å². The monoisotopic (exact) mass is 431 g/mol. The van der Waals surface area contributed by atoms with Gasteiger partial charge in [0.05, 0.1) is 30.2 Å². The SMILES string of the molecule is CC(C)C(=O)C1CC(F)(F)CN1C(=O)CNC(=O)c1ccnc2cc(C(C)C)ccc12. The van der Waals surface area contributed by atoms with Gasteiger partial charge in [-0.2, -0.15) is 0 Å². The summed E-state index contributed by atoms with van der Waals surface area (Å²) >= 11 is 0. The summed E-state index contributed by atoms with van der Waals surface area (Å²) in [6.07, 6.45) is 0.832. The fourth-order valence-electron chi connectivity index (χ4n) is 3.79. The van der Waals surface area contributed by atoms with Crippen LogP contribution in [0.5, 0.6) is 0 Å². The van der Waals surface area contributed by atoms with E-state index in [2.05, 4.69) is 24.1 Å². The summed E-state index contributed by atoms with van der Waals surface area (Å²) < 4.78 is 27.8. The lowest BCUT2D eigenvalue weighted by atomic mass is 9.99. The Kier molecular flexibility index (Phi) is 6.38. The summed E-state index contributed by atoms with van der Waals surface area (Å²) in [5.74, 6) is -4.90. The number of amides is 2. The number of likely N-dealkylation sites (tertiary alicyclic amines) is 1. The lowest BCUT2D eigenvalue weighted by Crippen LogP contribution is -2.46. The Morgan fingerprint density at radius 3 is 2.55 bits per heavy atom. The van der Waals surface area contributed by atoms with Crippen LogP contribution in [0.3, 0.4) is 0 Å². The van der Waals surface area contributed by atoms with E-state index in [9.17, 15) is 23.2 Å². The molecular formula is C23H27F2N3O3. The minimum Gasteiger partial charge on any atom is -0.343 e. The number of Topliss-reactive ketones (excluding diaryl/α,β-unsaturated/α-hetero) is 1. The zero-order valence-electron chi connectivity index (χ0n) is 18.1. The molecule has 8 heteroatoms. The molecule has 0 bridgehead atoms. The maximum absolute atomic E-state index is 13.9. The first kappa shape index (κ1) is 22.8. The van der Waals surface area contributed by atoms with E-state index in [0.717, 1.165) is 10.5 Å². The smallest absolute Gasteiger partial charge is 0.267 e. The van der Waals surface area contributed by atoms with Gasteiger partial charge in [-0.3, -0.25) is 19.4 Å². The fourth-order valence-corrected chi connectivity index (χ4v) is 3.79. The normalized spacial score (nSPS) is 18.1. The molecule has 1 atom stereocenters. The summed E-state index contributed by atoms with van der Waals surface area (Å²) in [6.45, 7) is 6.06.